The number of hydrogen-bond acceptors (Lipinski definition) is 14. The SMILES string of the molecule is CC(=O)NC1CCCCC1C(=O)N[C@H](CCCCN)C(=O)NC1CCNCC1C(=O)N[C@H](Cc1ccc(O)cc1)C(=O)NC1CCCCC1C(=O)N[C@H](CCC(=O)O)C(=O)NC1CCNCC1C(=O)N[C@H](C)C(N)=O. The first-order valence-electron chi connectivity index (χ1n) is 26.6. The first-order chi connectivity index (χ1) is 35.8. The van der Waals surface area contributed by atoms with Crippen molar-refractivity contribution in [3.05, 3.63) is 29.8 Å². The van der Waals surface area contributed by atoms with Crippen molar-refractivity contribution in [3.8, 4) is 5.75 Å². The minimum absolute atomic E-state index is 0.0123. The molecule has 8 unspecified atom stereocenters. The highest BCUT2D eigenvalue weighted by Gasteiger charge is 2.41. The van der Waals surface area contributed by atoms with E-state index >= 15 is 0 Å². The van der Waals surface area contributed by atoms with Crippen molar-refractivity contribution in [3.63, 3.8) is 0 Å². The maximum Gasteiger partial charge on any atom is 0.303 e. The number of carbonyl (C=O) groups excluding carboxylic acids is 9. The van der Waals surface area contributed by atoms with Crippen molar-refractivity contribution in [2.24, 2.45) is 35.1 Å². The molecule has 0 radical (unpaired) electrons. The van der Waals surface area contributed by atoms with E-state index in [1.54, 1.807) is 12.1 Å². The number of amides is 9. The van der Waals surface area contributed by atoms with Crippen molar-refractivity contribution in [1.29, 1.82) is 0 Å². The molecule has 4 fully saturated rings. The second-order valence-electron chi connectivity index (χ2n) is 20.5. The summed E-state index contributed by atoms with van der Waals surface area (Å²) in [5, 5.41) is 48.7. The van der Waals surface area contributed by atoms with Gasteiger partial charge >= 0.3 is 5.97 Å². The number of piperidine rings is 2. The highest BCUT2D eigenvalue weighted by Crippen LogP contribution is 2.27. The monoisotopic (exact) mass is 1050 g/mol. The number of aromatic hydroxyl groups is 1. The minimum Gasteiger partial charge on any atom is -0.508 e. The number of carboxylic acids is 1. The van der Waals surface area contributed by atoms with E-state index in [9.17, 15) is 58.2 Å². The lowest BCUT2D eigenvalue weighted by Gasteiger charge is -2.36. The number of rotatable bonds is 25. The Morgan fingerprint density at radius 2 is 1.03 bits per heavy atom. The zero-order valence-corrected chi connectivity index (χ0v) is 43.2. The smallest absolute Gasteiger partial charge is 0.303 e. The van der Waals surface area contributed by atoms with Crippen molar-refractivity contribution < 1.29 is 58.2 Å². The summed E-state index contributed by atoms with van der Waals surface area (Å²) in [5.74, 6) is -9.08. The van der Waals surface area contributed by atoms with Gasteiger partial charge in [0.25, 0.3) is 0 Å². The predicted octanol–water partition coefficient (Wildman–Crippen LogP) is -2.07. The Morgan fingerprint density at radius 3 is 1.52 bits per heavy atom. The number of primary amides is 1. The van der Waals surface area contributed by atoms with Crippen LogP contribution in [-0.4, -0.2) is 150 Å². The molecule has 1 aromatic rings. The molecule has 9 amide bonds. The summed E-state index contributed by atoms with van der Waals surface area (Å²) in [6.07, 6.45) is 6.12. The van der Waals surface area contributed by atoms with Crippen LogP contribution < -0.4 is 64.6 Å². The first kappa shape index (κ1) is 59.5. The number of phenols is 1. The number of benzene rings is 1. The summed E-state index contributed by atoms with van der Waals surface area (Å²) in [5.41, 5.74) is 11.7. The Morgan fingerprint density at radius 1 is 0.587 bits per heavy atom. The summed E-state index contributed by atoms with van der Waals surface area (Å²) in [4.78, 5) is 133. The molecule has 16 N–H and O–H groups in total. The lowest BCUT2D eigenvalue weighted by atomic mass is 9.83. The molecule has 12 atom stereocenters. The molecule has 2 aliphatic heterocycles. The molecule has 2 aliphatic carbocycles. The molecule has 24 heteroatoms. The molecule has 75 heavy (non-hydrogen) atoms. The lowest BCUT2D eigenvalue weighted by molar-refractivity contribution is -0.139. The van der Waals surface area contributed by atoms with Gasteiger partial charge in [0.05, 0.1) is 23.7 Å². The fourth-order valence-corrected chi connectivity index (χ4v) is 10.6. The highest BCUT2D eigenvalue weighted by atomic mass is 16.4. The molecule has 2 heterocycles. The number of carboxylic acid groups (broad SMARTS) is 1. The van der Waals surface area contributed by atoms with E-state index in [1.807, 2.05) is 0 Å². The molecule has 416 valence electrons. The Labute approximate surface area is 437 Å². The van der Waals surface area contributed by atoms with Crippen LogP contribution in [0.4, 0.5) is 0 Å². The Kier molecular flexibility index (Phi) is 23.5. The van der Waals surface area contributed by atoms with E-state index in [1.165, 1.54) is 26.0 Å². The van der Waals surface area contributed by atoms with Crippen LogP contribution in [0.25, 0.3) is 0 Å². The van der Waals surface area contributed by atoms with E-state index in [2.05, 4.69) is 53.2 Å². The fourth-order valence-electron chi connectivity index (χ4n) is 10.6. The minimum atomic E-state index is -1.33. The number of nitrogens with two attached hydrogens (primary N) is 2. The zero-order valence-electron chi connectivity index (χ0n) is 43.2. The third kappa shape index (κ3) is 18.4. The van der Waals surface area contributed by atoms with E-state index in [0.717, 1.165) is 12.8 Å². The fraction of sp³-hybridized carbons (Fsp3) is 0.686. The van der Waals surface area contributed by atoms with Gasteiger partial charge in [-0.05, 0) is 108 Å². The normalized spacial score (nSPS) is 25.3. The van der Waals surface area contributed by atoms with E-state index in [4.69, 9.17) is 11.5 Å². The van der Waals surface area contributed by atoms with Gasteiger partial charge in [0.15, 0.2) is 0 Å². The standard InChI is InChI=1S/C51H80N12O12/c1-28(44(53)68)56-47(71)34-26-54-23-20-38(34)60-50(74)41(18-19-43(66)67)62-46(70)33-10-4-6-12-37(33)58-51(75)42(25-30-14-16-31(65)17-15-30)63-48(72)35-27-55-24-21-39(35)59-49(73)40(13-7-8-22-52)61-45(69)32-9-3-5-11-36(32)57-29(2)64/h14-17,28,32-42,54-55,65H,3-13,18-27,52H2,1-2H3,(H2,53,68)(H,56,71)(H,57,64)(H,58,75)(H,59,73)(H,60,74)(H,61,69)(H,62,70)(H,63,72)(H,66,67)/t28-,32?,33?,34?,35?,36?,37?,38?,39?,40-,41-,42-/m1/s1. The molecule has 2 saturated carbocycles. The van der Waals surface area contributed by atoms with E-state index in [0.29, 0.717) is 95.8 Å². The maximum absolute atomic E-state index is 14.5. The third-order valence-electron chi connectivity index (χ3n) is 14.9. The van der Waals surface area contributed by atoms with Gasteiger partial charge in [-0.2, -0.15) is 0 Å². The molecule has 0 spiro atoms. The molecular formula is C51H80N12O12. The predicted molar refractivity (Wildman–Crippen MR) is 273 cm³/mol. The quantitative estimate of drug-likeness (QED) is 0.0468. The summed E-state index contributed by atoms with van der Waals surface area (Å²) < 4.78 is 0. The van der Waals surface area contributed by atoms with Crippen molar-refractivity contribution in [2.45, 2.75) is 165 Å². The number of carbonyl (C=O) groups is 10. The van der Waals surface area contributed by atoms with Crippen LogP contribution in [0, 0.1) is 23.7 Å². The highest BCUT2D eigenvalue weighted by molar-refractivity contribution is 5.93. The molecule has 2 saturated heterocycles. The van der Waals surface area contributed by atoms with Gasteiger partial charge in [-0.3, -0.25) is 47.9 Å². The van der Waals surface area contributed by atoms with Crippen LogP contribution >= 0.6 is 0 Å². The average Bonchev–Trinajstić information content (AvgIpc) is 3.37. The van der Waals surface area contributed by atoms with Crippen LogP contribution in [0.3, 0.4) is 0 Å². The Bertz CT molecular complexity index is 2170. The van der Waals surface area contributed by atoms with Crippen LogP contribution in [0.5, 0.6) is 5.75 Å². The number of unbranched alkanes of at least 4 members (excludes halogenated alkanes) is 1. The number of nitrogens with one attached hydrogen (secondary N) is 10. The maximum atomic E-state index is 14.5. The van der Waals surface area contributed by atoms with Gasteiger partial charge in [-0.15, -0.1) is 0 Å². The molecule has 1 aromatic carbocycles. The Hall–Kier alpha value is -6.40. The topological polar surface area (TPSA) is 383 Å². The second-order valence-corrected chi connectivity index (χ2v) is 20.5. The third-order valence-corrected chi connectivity index (χ3v) is 14.9. The number of hydrogen-bond donors (Lipinski definition) is 14. The zero-order chi connectivity index (χ0) is 54.6. The van der Waals surface area contributed by atoms with Crippen molar-refractivity contribution >= 4 is 59.1 Å². The summed E-state index contributed by atoms with van der Waals surface area (Å²) in [6, 6.07) is -0.905. The average molecular weight is 1050 g/mol. The first-order valence-corrected chi connectivity index (χ1v) is 26.6. The molecular weight excluding hydrogens is 973 g/mol. The number of aliphatic carboxylic acids is 1. The Balaban J connectivity index is 1.30. The van der Waals surface area contributed by atoms with Gasteiger partial charge < -0.3 is 74.8 Å². The molecule has 0 aromatic heterocycles. The van der Waals surface area contributed by atoms with Gasteiger partial charge in [0.1, 0.15) is 29.9 Å². The van der Waals surface area contributed by atoms with Crippen LogP contribution in [0.1, 0.15) is 116 Å². The molecule has 5 rings (SSSR count). The number of phenolic OH excluding ortho intramolecular Hbond substituents is 1. The van der Waals surface area contributed by atoms with Gasteiger partial charge in [0.2, 0.25) is 53.2 Å². The summed E-state index contributed by atoms with van der Waals surface area (Å²) in [7, 11) is 0. The molecule has 4 aliphatic rings. The van der Waals surface area contributed by atoms with Gasteiger partial charge in [-0.25, -0.2) is 0 Å². The summed E-state index contributed by atoms with van der Waals surface area (Å²) >= 11 is 0. The molecule has 0 bridgehead atoms. The van der Waals surface area contributed by atoms with E-state index in [-0.39, 0.29) is 49.5 Å². The van der Waals surface area contributed by atoms with E-state index < -0.39 is 120 Å². The van der Waals surface area contributed by atoms with Crippen LogP contribution in [0.15, 0.2) is 24.3 Å². The van der Waals surface area contributed by atoms with Gasteiger partial charge in [0, 0.05) is 57.0 Å². The van der Waals surface area contributed by atoms with Crippen LogP contribution in [-0.2, 0) is 54.4 Å². The molecule has 24 nitrogen and oxygen atoms in total. The van der Waals surface area contributed by atoms with Crippen molar-refractivity contribution in [1.82, 2.24) is 53.2 Å². The van der Waals surface area contributed by atoms with Gasteiger partial charge in [-0.1, -0.05) is 37.8 Å². The second kappa shape index (κ2) is 29.6. The lowest BCUT2D eigenvalue weighted by Crippen LogP contribution is -2.61. The van der Waals surface area contributed by atoms with Crippen molar-refractivity contribution in [2.75, 3.05) is 32.7 Å². The largest absolute Gasteiger partial charge is 0.508 e. The summed E-state index contributed by atoms with van der Waals surface area (Å²) in [6.45, 7) is 4.45. The van der Waals surface area contributed by atoms with Crippen LogP contribution in [0.2, 0.25) is 0 Å².